The van der Waals surface area contributed by atoms with Crippen molar-refractivity contribution in [3.05, 3.63) is 65.0 Å². The standard InChI is InChI=1S/C17H17N3O/c1-12(18)11-20-16(13-7-3-2-4-8-13)19-15-10-6-5-9-14(15)17(20)21/h2-10,12H,11,18H2,1H3. The third kappa shape index (κ3) is 2.58. The summed E-state index contributed by atoms with van der Waals surface area (Å²) in [6.07, 6.45) is 0. The average molecular weight is 279 g/mol. The molecule has 3 aromatic rings. The maximum Gasteiger partial charge on any atom is 0.261 e. The molecule has 1 atom stereocenters. The number of para-hydroxylation sites is 1. The van der Waals surface area contributed by atoms with E-state index in [-0.39, 0.29) is 11.6 Å². The van der Waals surface area contributed by atoms with Crippen molar-refractivity contribution in [1.82, 2.24) is 9.55 Å². The van der Waals surface area contributed by atoms with Crippen LogP contribution in [0.1, 0.15) is 6.92 Å². The summed E-state index contributed by atoms with van der Waals surface area (Å²) in [5.74, 6) is 0.664. The Labute approximate surface area is 122 Å². The van der Waals surface area contributed by atoms with Crippen molar-refractivity contribution in [2.24, 2.45) is 5.73 Å². The highest BCUT2D eigenvalue weighted by atomic mass is 16.1. The van der Waals surface area contributed by atoms with Crippen LogP contribution in [-0.2, 0) is 6.54 Å². The molecule has 1 aromatic heterocycles. The zero-order chi connectivity index (χ0) is 14.8. The van der Waals surface area contributed by atoms with Crippen LogP contribution in [0.2, 0.25) is 0 Å². The van der Waals surface area contributed by atoms with Crippen molar-refractivity contribution in [3.63, 3.8) is 0 Å². The molecule has 1 unspecified atom stereocenters. The molecule has 4 heteroatoms. The molecular weight excluding hydrogens is 262 g/mol. The lowest BCUT2D eigenvalue weighted by Crippen LogP contribution is -2.31. The molecule has 0 aliphatic heterocycles. The molecule has 21 heavy (non-hydrogen) atoms. The highest BCUT2D eigenvalue weighted by Gasteiger charge is 2.13. The SMILES string of the molecule is CC(N)Cn1c(-c2ccccc2)nc2ccccc2c1=O. The second-order valence-corrected chi connectivity index (χ2v) is 5.21. The minimum Gasteiger partial charge on any atom is -0.326 e. The van der Waals surface area contributed by atoms with Crippen LogP contribution in [0.15, 0.2) is 59.4 Å². The molecule has 3 rings (SSSR count). The number of benzene rings is 2. The number of hydrogen-bond donors (Lipinski definition) is 1. The van der Waals surface area contributed by atoms with Crippen molar-refractivity contribution in [1.29, 1.82) is 0 Å². The van der Waals surface area contributed by atoms with Crippen LogP contribution >= 0.6 is 0 Å². The van der Waals surface area contributed by atoms with E-state index in [1.807, 2.05) is 55.5 Å². The van der Waals surface area contributed by atoms with Crippen molar-refractivity contribution in [2.45, 2.75) is 19.5 Å². The molecule has 1 heterocycles. The fourth-order valence-corrected chi connectivity index (χ4v) is 2.43. The maximum atomic E-state index is 12.7. The van der Waals surface area contributed by atoms with Crippen molar-refractivity contribution < 1.29 is 0 Å². The molecule has 0 radical (unpaired) electrons. The lowest BCUT2D eigenvalue weighted by atomic mass is 10.1. The monoisotopic (exact) mass is 279 g/mol. The van der Waals surface area contributed by atoms with Crippen LogP contribution in [0.25, 0.3) is 22.3 Å². The predicted molar refractivity (Wildman–Crippen MR) is 85.1 cm³/mol. The highest BCUT2D eigenvalue weighted by Crippen LogP contribution is 2.18. The van der Waals surface area contributed by atoms with Gasteiger partial charge in [-0.15, -0.1) is 0 Å². The molecule has 0 bridgehead atoms. The largest absolute Gasteiger partial charge is 0.326 e. The first kappa shape index (κ1) is 13.5. The van der Waals surface area contributed by atoms with Crippen LogP contribution in [0.3, 0.4) is 0 Å². The van der Waals surface area contributed by atoms with Gasteiger partial charge in [0.05, 0.1) is 10.9 Å². The summed E-state index contributed by atoms with van der Waals surface area (Å²) in [6.45, 7) is 2.33. The number of aromatic nitrogens is 2. The number of rotatable bonds is 3. The fraction of sp³-hybridized carbons (Fsp3) is 0.176. The summed E-state index contributed by atoms with van der Waals surface area (Å²) in [6, 6.07) is 17.0. The van der Waals surface area contributed by atoms with Gasteiger partial charge in [-0.25, -0.2) is 4.98 Å². The Hall–Kier alpha value is -2.46. The van der Waals surface area contributed by atoms with Crippen LogP contribution in [0.5, 0.6) is 0 Å². The van der Waals surface area contributed by atoms with Crippen LogP contribution in [0.4, 0.5) is 0 Å². The summed E-state index contributed by atoms with van der Waals surface area (Å²) < 4.78 is 1.67. The predicted octanol–water partition coefficient (Wildman–Crippen LogP) is 2.41. The minimum atomic E-state index is -0.117. The number of fused-ring (bicyclic) bond motifs is 1. The first-order chi connectivity index (χ1) is 10.2. The zero-order valence-corrected chi connectivity index (χ0v) is 11.9. The Morgan fingerprint density at radius 2 is 1.76 bits per heavy atom. The van der Waals surface area contributed by atoms with E-state index in [4.69, 9.17) is 5.73 Å². The molecular formula is C17H17N3O. The molecule has 106 valence electrons. The lowest BCUT2D eigenvalue weighted by Gasteiger charge is -2.15. The first-order valence-corrected chi connectivity index (χ1v) is 6.97. The number of nitrogens with zero attached hydrogens (tertiary/aromatic N) is 2. The molecule has 2 N–H and O–H groups in total. The van der Waals surface area contributed by atoms with Gasteiger partial charge in [-0.05, 0) is 19.1 Å². The highest BCUT2D eigenvalue weighted by molar-refractivity contribution is 5.79. The van der Waals surface area contributed by atoms with Crippen molar-refractivity contribution >= 4 is 10.9 Å². The summed E-state index contributed by atoms with van der Waals surface area (Å²) in [5.41, 5.74) is 7.48. The molecule has 0 fully saturated rings. The fourth-order valence-electron chi connectivity index (χ4n) is 2.43. The summed E-state index contributed by atoms with van der Waals surface area (Å²) in [7, 11) is 0. The molecule has 0 saturated carbocycles. The number of nitrogens with two attached hydrogens (primary N) is 1. The molecule has 4 nitrogen and oxygen atoms in total. The maximum absolute atomic E-state index is 12.7. The van der Waals surface area contributed by atoms with E-state index >= 15 is 0 Å². The van der Waals surface area contributed by atoms with Gasteiger partial charge < -0.3 is 5.73 Å². The van der Waals surface area contributed by atoms with Crippen molar-refractivity contribution in [2.75, 3.05) is 0 Å². The van der Waals surface area contributed by atoms with E-state index in [0.717, 1.165) is 5.56 Å². The van der Waals surface area contributed by atoms with Gasteiger partial charge in [0.25, 0.3) is 5.56 Å². The second-order valence-electron chi connectivity index (χ2n) is 5.21. The molecule has 0 amide bonds. The van der Waals surface area contributed by atoms with Gasteiger partial charge in [0, 0.05) is 18.2 Å². The normalized spacial score (nSPS) is 12.5. The third-order valence-electron chi connectivity index (χ3n) is 3.36. The smallest absolute Gasteiger partial charge is 0.261 e. The van der Waals surface area contributed by atoms with Gasteiger partial charge in [-0.1, -0.05) is 42.5 Å². The van der Waals surface area contributed by atoms with Gasteiger partial charge in [-0.2, -0.15) is 0 Å². The molecule has 2 aromatic carbocycles. The lowest BCUT2D eigenvalue weighted by molar-refractivity contribution is 0.576. The first-order valence-electron chi connectivity index (χ1n) is 6.97. The topological polar surface area (TPSA) is 60.9 Å². The van der Waals surface area contributed by atoms with Crippen LogP contribution < -0.4 is 11.3 Å². The van der Waals surface area contributed by atoms with Gasteiger partial charge >= 0.3 is 0 Å². The molecule has 0 spiro atoms. The van der Waals surface area contributed by atoms with Crippen molar-refractivity contribution in [3.8, 4) is 11.4 Å². The van der Waals surface area contributed by atoms with E-state index in [1.54, 1.807) is 10.6 Å². The zero-order valence-electron chi connectivity index (χ0n) is 11.9. The summed E-state index contributed by atoms with van der Waals surface area (Å²) in [4.78, 5) is 17.4. The van der Waals surface area contributed by atoms with E-state index in [2.05, 4.69) is 4.98 Å². The Bertz CT molecular complexity index is 822. The van der Waals surface area contributed by atoms with Gasteiger partial charge in [0.15, 0.2) is 0 Å². The molecule has 0 aliphatic rings. The second kappa shape index (κ2) is 5.50. The summed E-state index contributed by atoms with van der Waals surface area (Å²) in [5, 5.41) is 0.623. The third-order valence-corrected chi connectivity index (χ3v) is 3.36. The molecule has 0 aliphatic carbocycles. The van der Waals surface area contributed by atoms with Gasteiger partial charge in [0.2, 0.25) is 0 Å². The Balaban J connectivity index is 2.33. The summed E-state index contributed by atoms with van der Waals surface area (Å²) >= 11 is 0. The van der Waals surface area contributed by atoms with Gasteiger partial charge in [-0.3, -0.25) is 9.36 Å². The Morgan fingerprint density at radius 3 is 2.48 bits per heavy atom. The Kier molecular flexibility index (Phi) is 3.54. The molecule has 0 saturated heterocycles. The quantitative estimate of drug-likeness (QED) is 0.801. The van der Waals surface area contributed by atoms with E-state index in [1.165, 1.54) is 0 Å². The van der Waals surface area contributed by atoms with Crippen LogP contribution in [-0.4, -0.2) is 15.6 Å². The van der Waals surface area contributed by atoms with E-state index in [0.29, 0.717) is 23.3 Å². The number of hydrogen-bond acceptors (Lipinski definition) is 3. The van der Waals surface area contributed by atoms with E-state index in [9.17, 15) is 4.79 Å². The van der Waals surface area contributed by atoms with Crippen LogP contribution in [0, 0.1) is 0 Å². The van der Waals surface area contributed by atoms with E-state index < -0.39 is 0 Å². The van der Waals surface area contributed by atoms with Gasteiger partial charge in [0.1, 0.15) is 5.82 Å². The Morgan fingerprint density at radius 1 is 1.10 bits per heavy atom. The average Bonchev–Trinajstić information content (AvgIpc) is 2.50. The minimum absolute atomic E-state index is 0.0447.